The molecule has 1 fully saturated rings. The van der Waals surface area contributed by atoms with E-state index in [4.69, 9.17) is 9.47 Å². The molecule has 1 aliphatic heterocycles. The van der Waals surface area contributed by atoms with Gasteiger partial charge in [0.15, 0.2) is 6.61 Å². The smallest absolute Gasteiger partial charge is 0.313 e. The quantitative estimate of drug-likeness (QED) is 0.835. The first kappa shape index (κ1) is 15.3. The lowest BCUT2D eigenvalue weighted by atomic mass is 10.0. The van der Waals surface area contributed by atoms with Crippen LogP contribution in [0, 0.1) is 0 Å². The molecular formula is C15H19NO5. The minimum atomic E-state index is -0.483. The van der Waals surface area contributed by atoms with Gasteiger partial charge in [0.2, 0.25) is 0 Å². The number of morpholine rings is 1. The molecule has 6 nitrogen and oxygen atoms in total. The van der Waals surface area contributed by atoms with Crippen molar-refractivity contribution in [1.82, 2.24) is 4.90 Å². The number of ether oxygens (including phenoxy) is 2. The number of benzene rings is 1. The van der Waals surface area contributed by atoms with Gasteiger partial charge in [-0.05, 0) is 24.6 Å². The molecule has 0 aliphatic carbocycles. The fourth-order valence-corrected chi connectivity index (χ4v) is 2.06. The summed E-state index contributed by atoms with van der Waals surface area (Å²) in [5.41, 5.74) is 0.733. The molecule has 0 spiro atoms. The van der Waals surface area contributed by atoms with Crippen molar-refractivity contribution < 1.29 is 24.2 Å². The highest BCUT2D eigenvalue weighted by molar-refractivity contribution is 5.83. The number of aromatic hydroxyl groups is 1. The Morgan fingerprint density at radius 3 is 2.52 bits per heavy atom. The fourth-order valence-electron chi connectivity index (χ4n) is 2.06. The molecule has 1 atom stereocenters. The number of rotatable bonds is 4. The molecular weight excluding hydrogens is 274 g/mol. The van der Waals surface area contributed by atoms with Crippen LogP contribution in [0.1, 0.15) is 18.4 Å². The molecule has 0 unspecified atom stereocenters. The molecule has 2 rings (SSSR count). The standard InChI is InChI=1S/C15H19NO5/c1-11(12-2-4-13(17)5-3-12)15(19)21-10-14(18)16-6-8-20-9-7-16/h2-5,11,17H,6-10H2,1H3/t11-/m0/s1. The zero-order valence-corrected chi connectivity index (χ0v) is 11.9. The number of carbonyl (C=O) groups excluding carboxylic acids is 2. The van der Waals surface area contributed by atoms with Crippen molar-refractivity contribution in [2.45, 2.75) is 12.8 Å². The van der Waals surface area contributed by atoms with E-state index in [1.54, 1.807) is 24.0 Å². The predicted octanol–water partition coefficient (Wildman–Crippen LogP) is 0.898. The summed E-state index contributed by atoms with van der Waals surface area (Å²) in [4.78, 5) is 25.4. The summed E-state index contributed by atoms with van der Waals surface area (Å²) in [6, 6.07) is 6.34. The Morgan fingerprint density at radius 1 is 1.29 bits per heavy atom. The number of carbonyl (C=O) groups is 2. The maximum absolute atomic E-state index is 11.9. The Morgan fingerprint density at radius 2 is 1.90 bits per heavy atom. The van der Waals surface area contributed by atoms with Crippen LogP contribution >= 0.6 is 0 Å². The van der Waals surface area contributed by atoms with Crippen molar-refractivity contribution in [3.05, 3.63) is 29.8 Å². The van der Waals surface area contributed by atoms with Crippen molar-refractivity contribution in [3.8, 4) is 5.75 Å². The summed E-state index contributed by atoms with van der Waals surface area (Å²) in [6.07, 6.45) is 0. The molecule has 1 amide bonds. The van der Waals surface area contributed by atoms with Gasteiger partial charge >= 0.3 is 5.97 Å². The minimum absolute atomic E-state index is 0.141. The van der Waals surface area contributed by atoms with Gasteiger partial charge in [-0.1, -0.05) is 12.1 Å². The normalized spacial score (nSPS) is 16.3. The molecule has 1 N–H and O–H groups in total. The Hall–Kier alpha value is -2.08. The Labute approximate surface area is 123 Å². The Kier molecular flexibility index (Phi) is 5.16. The average molecular weight is 293 g/mol. The maximum atomic E-state index is 11.9. The second kappa shape index (κ2) is 7.08. The zero-order valence-electron chi connectivity index (χ0n) is 11.9. The predicted molar refractivity (Wildman–Crippen MR) is 74.9 cm³/mol. The first-order valence-corrected chi connectivity index (χ1v) is 6.89. The van der Waals surface area contributed by atoms with Gasteiger partial charge in [-0.25, -0.2) is 0 Å². The van der Waals surface area contributed by atoms with Crippen molar-refractivity contribution >= 4 is 11.9 Å². The van der Waals surface area contributed by atoms with Gasteiger partial charge < -0.3 is 19.5 Å². The molecule has 1 heterocycles. The fraction of sp³-hybridized carbons (Fsp3) is 0.467. The monoisotopic (exact) mass is 293 g/mol. The van der Waals surface area contributed by atoms with E-state index in [9.17, 15) is 14.7 Å². The van der Waals surface area contributed by atoms with E-state index in [1.807, 2.05) is 0 Å². The summed E-state index contributed by atoms with van der Waals surface area (Å²) >= 11 is 0. The lowest BCUT2D eigenvalue weighted by Gasteiger charge is -2.26. The largest absolute Gasteiger partial charge is 0.508 e. The van der Waals surface area contributed by atoms with Gasteiger partial charge in [0.1, 0.15) is 5.75 Å². The number of phenolic OH excluding ortho intramolecular Hbond substituents is 1. The number of hydrogen-bond donors (Lipinski definition) is 1. The number of amides is 1. The highest BCUT2D eigenvalue weighted by atomic mass is 16.5. The van der Waals surface area contributed by atoms with Crippen LogP contribution in [0.5, 0.6) is 5.75 Å². The molecule has 0 radical (unpaired) electrons. The Balaban J connectivity index is 1.83. The van der Waals surface area contributed by atoms with Gasteiger partial charge in [0.05, 0.1) is 19.1 Å². The van der Waals surface area contributed by atoms with Crippen LogP contribution in [0.15, 0.2) is 24.3 Å². The highest BCUT2D eigenvalue weighted by Gasteiger charge is 2.21. The average Bonchev–Trinajstić information content (AvgIpc) is 2.53. The molecule has 1 saturated heterocycles. The lowest BCUT2D eigenvalue weighted by Crippen LogP contribution is -2.42. The third-order valence-corrected chi connectivity index (χ3v) is 3.45. The molecule has 114 valence electrons. The first-order valence-electron chi connectivity index (χ1n) is 6.89. The van der Waals surface area contributed by atoms with Crippen LogP contribution in [-0.4, -0.2) is 54.8 Å². The number of phenols is 1. The summed E-state index contributed by atoms with van der Waals surface area (Å²) in [5, 5.41) is 9.22. The summed E-state index contributed by atoms with van der Waals surface area (Å²) in [5.74, 6) is -1.00. The Bertz CT molecular complexity index is 493. The van der Waals surface area contributed by atoms with Crippen LogP contribution in [0.4, 0.5) is 0 Å². The third kappa shape index (κ3) is 4.19. The van der Waals surface area contributed by atoms with Crippen LogP contribution < -0.4 is 0 Å². The lowest BCUT2D eigenvalue weighted by molar-refractivity contribution is -0.154. The van der Waals surface area contributed by atoms with E-state index in [0.717, 1.165) is 5.56 Å². The summed E-state index contributed by atoms with van der Waals surface area (Å²) in [7, 11) is 0. The molecule has 1 aliphatic rings. The number of nitrogens with zero attached hydrogens (tertiary/aromatic N) is 1. The SMILES string of the molecule is C[C@H](C(=O)OCC(=O)N1CCOCC1)c1ccc(O)cc1. The van der Waals surface area contributed by atoms with Gasteiger partial charge in [-0.15, -0.1) is 0 Å². The molecule has 1 aromatic rings. The summed E-state index contributed by atoms with van der Waals surface area (Å²) < 4.78 is 10.2. The van der Waals surface area contributed by atoms with E-state index in [2.05, 4.69) is 0 Å². The molecule has 1 aromatic carbocycles. The van der Waals surface area contributed by atoms with E-state index in [-0.39, 0.29) is 18.3 Å². The molecule has 6 heteroatoms. The van der Waals surface area contributed by atoms with Crippen LogP contribution in [0.2, 0.25) is 0 Å². The third-order valence-electron chi connectivity index (χ3n) is 3.45. The zero-order chi connectivity index (χ0) is 15.2. The van der Waals surface area contributed by atoms with E-state index in [1.165, 1.54) is 12.1 Å². The van der Waals surface area contributed by atoms with E-state index < -0.39 is 11.9 Å². The van der Waals surface area contributed by atoms with Crippen LogP contribution in [0.3, 0.4) is 0 Å². The second-order valence-corrected chi connectivity index (χ2v) is 4.91. The van der Waals surface area contributed by atoms with Gasteiger partial charge in [-0.3, -0.25) is 9.59 Å². The highest BCUT2D eigenvalue weighted by Crippen LogP contribution is 2.19. The topological polar surface area (TPSA) is 76.1 Å². The molecule has 0 bridgehead atoms. The maximum Gasteiger partial charge on any atom is 0.313 e. The summed E-state index contributed by atoms with van der Waals surface area (Å²) in [6.45, 7) is 3.55. The van der Waals surface area contributed by atoms with Gasteiger partial charge in [0, 0.05) is 13.1 Å². The van der Waals surface area contributed by atoms with Crippen molar-refractivity contribution in [2.75, 3.05) is 32.9 Å². The molecule has 0 aromatic heterocycles. The first-order chi connectivity index (χ1) is 10.1. The second-order valence-electron chi connectivity index (χ2n) is 4.91. The van der Waals surface area contributed by atoms with Crippen molar-refractivity contribution in [1.29, 1.82) is 0 Å². The van der Waals surface area contributed by atoms with Gasteiger partial charge in [0.25, 0.3) is 5.91 Å². The number of hydrogen-bond acceptors (Lipinski definition) is 5. The van der Waals surface area contributed by atoms with Crippen molar-refractivity contribution in [2.24, 2.45) is 0 Å². The molecule has 0 saturated carbocycles. The van der Waals surface area contributed by atoms with Crippen LogP contribution in [-0.2, 0) is 19.1 Å². The van der Waals surface area contributed by atoms with Gasteiger partial charge in [-0.2, -0.15) is 0 Å². The van der Waals surface area contributed by atoms with Crippen molar-refractivity contribution in [3.63, 3.8) is 0 Å². The van der Waals surface area contributed by atoms with E-state index >= 15 is 0 Å². The number of esters is 1. The van der Waals surface area contributed by atoms with E-state index in [0.29, 0.717) is 26.3 Å². The van der Waals surface area contributed by atoms with Crippen LogP contribution in [0.25, 0.3) is 0 Å². The molecule has 21 heavy (non-hydrogen) atoms. The minimum Gasteiger partial charge on any atom is -0.508 e.